The molecule has 0 bridgehead atoms. The van der Waals surface area contributed by atoms with Gasteiger partial charge in [0, 0.05) is 29.1 Å². The van der Waals surface area contributed by atoms with Gasteiger partial charge in [0.05, 0.1) is 6.21 Å². The van der Waals surface area contributed by atoms with Crippen molar-refractivity contribution >= 4 is 6.21 Å². The molecule has 94 valence electrons. The molecule has 0 amide bonds. The van der Waals surface area contributed by atoms with Crippen LogP contribution < -0.4 is 0 Å². The van der Waals surface area contributed by atoms with Crippen LogP contribution in [-0.4, -0.2) is 18.3 Å². The lowest BCUT2D eigenvalue weighted by Crippen LogP contribution is -1.86. The number of aromatic nitrogens is 1. The van der Waals surface area contributed by atoms with Crippen LogP contribution in [0.15, 0.2) is 47.9 Å². The fourth-order valence-corrected chi connectivity index (χ4v) is 1.39. The summed E-state index contributed by atoms with van der Waals surface area (Å²) in [5.74, 6) is 5.63. The molecule has 0 radical (unpaired) electrons. The molecule has 0 aliphatic carbocycles. The summed E-state index contributed by atoms with van der Waals surface area (Å²) >= 11 is 0. The molecule has 0 saturated carbocycles. The molecule has 2 aromatic rings. The predicted octanol–water partition coefficient (Wildman–Crippen LogP) is 2.60. The minimum atomic E-state index is -0.273. The Balaban J connectivity index is 2.19. The second kappa shape index (κ2) is 6.31. The van der Waals surface area contributed by atoms with Crippen LogP contribution in [0.25, 0.3) is 0 Å². The molecule has 0 aliphatic rings. The van der Waals surface area contributed by atoms with E-state index in [0.717, 1.165) is 16.7 Å². The van der Waals surface area contributed by atoms with Gasteiger partial charge in [-0.25, -0.2) is 4.39 Å². The van der Waals surface area contributed by atoms with E-state index in [9.17, 15) is 4.39 Å². The van der Waals surface area contributed by atoms with Crippen LogP contribution >= 0.6 is 0 Å². The van der Waals surface area contributed by atoms with Gasteiger partial charge >= 0.3 is 0 Å². The maximum absolute atomic E-state index is 12.7. The summed E-state index contributed by atoms with van der Waals surface area (Å²) in [6, 6.07) is 7.86. The first kappa shape index (κ1) is 12.8. The molecule has 1 aromatic heterocycles. The molecule has 19 heavy (non-hydrogen) atoms. The third-order valence-electron chi connectivity index (χ3n) is 2.26. The monoisotopic (exact) mass is 254 g/mol. The van der Waals surface area contributed by atoms with Crippen LogP contribution in [-0.2, 0) is 4.84 Å². The third-order valence-corrected chi connectivity index (χ3v) is 2.26. The molecule has 0 aliphatic heterocycles. The summed E-state index contributed by atoms with van der Waals surface area (Å²) in [5.41, 5.74) is 2.30. The van der Waals surface area contributed by atoms with Crippen molar-refractivity contribution in [3.63, 3.8) is 0 Å². The van der Waals surface area contributed by atoms with E-state index in [1.165, 1.54) is 19.2 Å². The van der Waals surface area contributed by atoms with Gasteiger partial charge in [0.25, 0.3) is 0 Å². The van der Waals surface area contributed by atoms with Crippen LogP contribution in [0, 0.1) is 17.7 Å². The number of rotatable bonds is 2. The second-order valence-electron chi connectivity index (χ2n) is 3.68. The Kier molecular flexibility index (Phi) is 4.25. The predicted molar refractivity (Wildman–Crippen MR) is 71.2 cm³/mol. The Hall–Kier alpha value is -2.67. The van der Waals surface area contributed by atoms with Crippen molar-refractivity contribution < 1.29 is 9.23 Å². The second-order valence-corrected chi connectivity index (χ2v) is 3.68. The lowest BCUT2D eigenvalue weighted by Gasteiger charge is -1.93. The Labute approximate surface area is 110 Å². The molecule has 0 unspecified atom stereocenters. The van der Waals surface area contributed by atoms with Crippen LogP contribution in [0.2, 0.25) is 0 Å². The summed E-state index contributed by atoms with van der Waals surface area (Å²) in [6.07, 6.45) is 4.86. The van der Waals surface area contributed by atoms with Gasteiger partial charge in [-0.15, -0.1) is 0 Å². The molecular formula is C15H11FN2O. The highest BCUT2D eigenvalue weighted by Gasteiger charge is 1.92. The molecule has 0 N–H and O–H groups in total. The number of pyridine rings is 1. The van der Waals surface area contributed by atoms with Crippen molar-refractivity contribution in [2.24, 2.45) is 5.16 Å². The van der Waals surface area contributed by atoms with E-state index in [0.29, 0.717) is 0 Å². The fourth-order valence-electron chi connectivity index (χ4n) is 1.39. The topological polar surface area (TPSA) is 34.5 Å². The molecule has 4 heteroatoms. The van der Waals surface area contributed by atoms with Crippen molar-refractivity contribution in [3.05, 3.63) is 65.2 Å². The summed E-state index contributed by atoms with van der Waals surface area (Å²) in [7, 11) is 1.47. The number of halogens is 1. The highest BCUT2D eigenvalue weighted by atomic mass is 19.1. The van der Waals surface area contributed by atoms with Crippen LogP contribution in [0.4, 0.5) is 4.39 Å². The first-order valence-corrected chi connectivity index (χ1v) is 5.57. The Morgan fingerprint density at radius 3 is 2.63 bits per heavy atom. The van der Waals surface area contributed by atoms with Gasteiger partial charge in [-0.2, -0.15) is 0 Å². The Morgan fingerprint density at radius 1 is 1.16 bits per heavy atom. The average Bonchev–Trinajstić information content (AvgIpc) is 2.45. The average molecular weight is 254 g/mol. The lowest BCUT2D eigenvalue weighted by molar-refractivity contribution is 0.215. The molecule has 1 aromatic carbocycles. The first-order chi connectivity index (χ1) is 9.28. The minimum Gasteiger partial charge on any atom is -0.399 e. The number of hydrogen-bond donors (Lipinski definition) is 0. The molecule has 2 rings (SSSR count). The van der Waals surface area contributed by atoms with Crippen molar-refractivity contribution in [3.8, 4) is 11.8 Å². The van der Waals surface area contributed by atoms with Gasteiger partial charge in [-0.05, 0) is 30.3 Å². The van der Waals surface area contributed by atoms with E-state index in [2.05, 4.69) is 26.8 Å². The summed E-state index contributed by atoms with van der Waals surface area (Å²) in [5, 5.41) is 3.66. The van der Waals surface area contributed by atoms with Crippen LogP contribution in [0.3, 0.4) is 0 Å². The zero-order valence-electron chi connectivity index (χ0n) is 10.3. The molecule has 1 heterocycles. The third kappa shape index (κ3) is 3.93. The van der Waals surface area contributed by atoms with E-state index in [1.807, 2.05) is 6.07 Å². The maximum Gasteiger partial charge on any atom is 0.123 e. The summed E-state index contributed by atoms with van der Waals surface area (Å²) in [4.78, 5) is 8.65. The zero-order chi connectivity index (χ0) is 13.5. The van der Waals surface area contributed by atoms with Gasteiger partial charge < -0.3 is 4.84 Å². The zero-order valence-corrected chi connectivity index (χ0v) is 10.3. The van der Waals surface area contributed by atoms with E-state index in [1.54, 1.807) is 30.7 Å². The number of nitrogens with zero attached hydrogens (tertiary/aromatic N) is 2. The smallest absolute Gasteiger partial charge is 0.123 e. The maximum atomic E-state index is 12.7. The summed E-state index contributed by atoms with van der Waals surface area (Å²) in [6.45, 7) is 0. The SMILES string of the molecule is CO/N=C/c1cncc(C#Cc2ccc(F)cc2)c1. The van der Waals surface area contributed by atoms with Crippen molar-refractivity contribution in [2.45, 2.75) is 0 Å². The first-order valence-electron chi connectivity index (χ1n) is 5.57. The number of benzene rings is 1. The normalized spacial score (nSPS) is 10.0. The minimum absolute atomic E-state index is 0.273. The van der Waals surface area contributed by atoms with E-state index in [4.69, 9.17) is 0 Å². The lowest BCUT2D eigenvalue weighted by atomic mass is 10.2. The van der Waals surface area contributed by atoms with Crippen molar-refractivity contribution in [1.82, 2.24) is 4.98 Å². The van der Waals surface area contributed by atoms with Crippen LogP contribution in [0.5, 0.6) is 0 Å². The van der Waals surface area contributed by atoms with Crippen molar-refractivity contribution in [1.29, 1.82) is 0 Å². The molecular weight excluding hydrogens is 243 g/mol. The quantitative estimate of drug-likeness (QED) is 0.469. The van der Waals surface area contributed by atoms with Crippen molar-refractivity contribution in [2.75, 3.05) is 7.11 Å². The number of hydrogen-bond acceptors (Lipinski definition) is 3. The highest BCUT2D eigenvalue weighted by molar-refractivity contribution is 5.79. The molecule has 0 spiro atoms. The van der Waals surface area contributed by atoms with Gasteiger partial charge in [0.2, 0.25) is 0 Å². The number of oxime groups is 1. The van der Waals surface area contributed by atoms with Gasteiger partial charge in [0.1, 0.15) is 12.9 Å². The molecule has 0 atom stereocenters. The van der Waals surface area contributed by atoms with E-state index < -0.39 is 0 Å². The van der Waals surface area contributed by atoms with Gasteiger partial charge in [0.15, 0.2) is 0 Å². The van der Waals surface area contributed by atoms with Crippen LogP contribution in [0.1, 0.15) is 16.7 Å². The van der Waals surface area contributed by atoms with E-state index in [-0.39, 0.29) is 5.82 Å². The fraction of sp³-hybridized carbons (Fsp3) is 0.0667. The molecule has 3 nitrogen and oxygen atoms in total. The Bertz CT molecular complexity index is 639. The molecule has 0 fully saturated rings. The van der Waals surface area contributed by atoms with Gasteiger partial charge in [-0.3, -0.25) is 4.98 Å². The largest absolute Gasteiger partial charge is 0.399 e. The Morgan fingerprint density at radius 2 is 1.89 bits per heavy atom. The van der Waals surface area contributed by atoms with Gasteiger partial charge in [-0.1, -0.05) is 17.0 Å². The standard InChI is InChI=1S/C15H11FN2O/c1-19-18-11-14-8-13(9-17-10-14)3-2-12-4-6-15(16)7-5-12/h4-11H,1H3/b18-11+. The van der Waals surface area contributed by atoms with E-state index >= 15 is 0 Å². The molecule has 0 saturated heterocycles. The summed E-state index contributed by atoms with van der Waals surface area (Å²) < 4.78 is 12.7. The highest BCUT2D eigenvalue weighted by Crippen LogP contribution is 2.03.